The molecule has 0 spiro atoms. The van der Waals surface area contributed by atoms with Crippen molar-refractivity contribution < 1.29 is 31.5 Å². The molecule has 0 bridgehead atoms. The van der Waals surface area contributed by atoms with Crippen molar-refractivity contribution in [2.24, 2.45) is 0 Å². The van der Waals surface area contributed by atoms with Gasteiger partial charge in [0.05, 0.1) is 7.11 Å². The van der Waals surface area contributed by atoms with Crippen LogP contribution in [-0.4, -0.2) is 18.0 Å². The van der Waals surface area contributed by atoms with Crippen molar-refractivity contribution >= 4 is 22.7 Å². The zero-order valence-electron chi connectivity index (χ0n) is 18.5. The zero-order chi connectivity index (χ0) is 24.6. The van der Waals surface area contributed by atoms with Crippen LogP contribution in [0.3, 0.4) is 0 Å². The quantitative estimate of drug-likeness (QED) is 0.247. The number of methoxy groups -OCH3 is 1. The van der Waals surface area contributed by atoms with E-state index >= 15 is 0 Å². The van der Waals surface area contributed by atoms with E-state index in [2.05, 4.69) is 28.9 Å². The van der Waals surface area contributed by atoms with Gasteiger partial charge >= 0.3 is 0 Å². The van der Waals surface area contributed by atoms with Gasteiger partial charge in [0, 0.05) is 11.3 Å². The molecule has 1 N–H and O–H groups in total. The van der Waals surface area contributed by atoms with Crippen molar-refractivity contribution in [3.8, 4) is 17.2 Å². The molecule has 1 heterocycles. The number of hydrogen-bond acceptors (Lipinski definition) is 4. The average molecular weight is 472 g/mol. The topological polar surface area (TPSA) is 64.4 Å². The van der Waals surface area contributed by atoms with Gasteiger partial charge in [-0.15, -0.1) is 0 Å². The van der Waals surface area contributed by atoms with Crippen LogP contribution in [0.2, 0.25) is 0 Å². The summed E-state index contributed by atoms with van der Waals surface area (Å²) in [6.45, 7) is 4.23. The van der Waals surface area contributed by atoms with Gasteiger partial charge in [0.1, 0.15) is 11.1 Å². The van der Waals surface area contributed by atoms with Gasteiger partial charge in [-0.05, 0) is 54.3 Å². The van der Waals surface area contributed by atoms with Crippen LogP contribution in [0.4, 0.5) is 23.2 Å². The van der Waals surface area contributed by atoms with Crippen LogP contribution in [0, 0.1) is 23.3 Å². The Morgan fingerprint density at radius 3 is 2.26 bits per heavy atom. The third kappa shape index (κ3) is 4.09. The summed E-state index contributed by atoms with van der Waals surface area (Å²) >= 11 is 0. The number of benzene rings is 3. The Labute approximate surface area is 192 Å². The summed E-state index contributed by atoms with van der Waals surface area (Å²) in [4.78, 5) is 16.9. The number of anilines is 1. The summed E-state index contributed by atoms with van der Waals surface area (Å²) in [7, 11) is 0.850. The third-order valence-electron chi connectivity index (χ3n) is 5.64. The van der Waals surface area contributed by atoms with Crippen LogP contribution >= 0.6 is 0 Å². The molecule has 3 aromatic carbocycles. The van der Waals surface area contributed by atoms with Gasteiger partial charge < -0.3 is 14.5 Å². The number of oxazole rings is 1. The Balaban J connectivity index is 1.58. The van der Waals surface area contributed by atoms with Crippen molar-refractivity contribution in [1.82, 2.24) is 4.98 Å². The van der Waals surface area contributed by atoms with E-state index in [1.807, 2.05) is 18.2 Å². The molecule has 5 nitrogen and oxygen atoms in total. The summed E-state index contributed by atoms with van der Waals surface area (Å²) < 4.78 is 66.3. The lowest BCUT2D eigenvalue weighted by Crippen LogP contribution is -2.18. The fourth-order valence-corrected chi connectivity index (χ4v) is 3.49. The standard InChI is InChI=1S/C25H20F4N2O3/c1-4-12(2)14-7-10-17-16(11-14)31-25(34-17)13-5-8-15(9-6-13)30-24(32)18-19(26)21(28)23(33-3)22(29)20(18)27/h5-12H,4H2,1-3H3,(H,30,32)/t12-/m1/s1. The molecule has 4 aromatic rings. The molecule has 0 saturated heterocycles. The molecule has 1 atom stereocenters. The molecule has 0 unspecified atom stereocenters. The predicted octanol–water partition coefficient (Wildman–Crippen LogP) is 6.83. The summed E-state index contributed by atoms with van der Waals surface area (Å²) in [5.74, 6) is -9.17. The maximum atomic E-state index is 14.2. The number of nitrogens with one attached hydrogen (secondary N) is 1. The number of amides is 1. The van der Waals surface area contributed by atoms with E-state index in [0.717, 1.165) is 19.1 Å². The first-order valence-corrected chi connectivity index (χ1v) is 10.5. The number of rotatable bonds is 6. The maximum Gasteiger partial charge on any atom is 0.261 e. The first-order valence-electron chi connectivity index (χ1n) is 10.5. The first kappa shape index (κ1) is 23.3. The van der Waals surface area contributed by atoms with Crippen LogP contribution in [0.15, 0.2) is 46.9 Å². The Kier molecular flexibility index (Phi) is 6.28. The number of carbonyl (C=O) groups is 1. The van der Waals surface area contributed by atoms with E-state index in [1.165, 1.54) is 12.1 Å². The second-order valence-corrected chi connectivity index (χ2v) is 7.75. The molecule has 34 heavy (non-hydrogen) atoms. The molecule has 4 rings (SSSR count). The number of hydrogen-bond donors (Lipinski definition) is 1. The van der Waals surface area contributed by atoms with E-state index in [1.54, 1.807) is 12.1 Å². The largest absolute Gasteiger partial charge is 0.491 e. The molecule has 0 aliphatic rings. The third-order valence-corrected chi connectivity index (χ3v) is 5.64. The normalized spacial score (nSPS) is 12.1. The molecular weight excluding hydrogens is 452 g/mol. The van der Waals surface area contributed by atoms with E-state index in [-0.39, 0.29) is 5.69 Å². The van der Waals surface area contributed by atoms with Crippen molar-refractivity contribution in [2.45, 2.75) is 26.2 Å². The van der Waals surface area contributed by atoms with Gasteiger partial charge in [-0.3, -0.25) is 4.79 Å². The lowest BCUT2D eigenvalue weighted by molar-refractivity contribution is 0.101. The molecule has 1 amide bonds. The van der Waals surface area contributed by atoms with Crippen LogP contribution in [0.5, 0.6) is 5.75 Å². The summed E-state index contributed by atoms with van der Waals surface area (Å²) in [5.41, 5.74) is 1.82. The minimum absolute atomic E-state index is 0.138. The monoisotopic (exact) mass is 472 g/mol. The van der Waals surface area contributed by atoms with Crippen LogP contribution in [-0.2, 0) is 0 Å². The van der Waals surface area contributed by atoms with Gasteiger partial charge in [-0.25, -0.2) is 13.8 Å². The average Bonchev–Trinajstić information content (AvgIpc) is 3.26. The van der Waals surface area contributed by atoms with Crippen molar-refractivity contribution in [2.75, 3.05) is 12.4 Å². The molecule has 0 fully saturated rings. The number of ether oxygens (including phenoxy) is 1. The lowest BCUT2D eigenvalue weighted by Gasteiger charge is -2.11. The Morgan fingerprint density at radius 1 is 1.03 bits per heavy atom. The second-order valence-electron chi connectivity index (χ2n) is 7.75. The highest BCUT2D eigenvalue weighted by molar-refractivity contribution is 6.05. The number of carbonyl (C=O) groups excluding carboxylic acids is 1. The van der Waals surface area contributed by atoms with E-state index in [4.69, 9.17) is 4.42 Å². The Bertz CT molecular complexity index is 1350. The van der Waals surface area contributed by atoms with E-state index in [0.29, 0.717) is 28.5 Å². The summed E-state index contributed by atoms with van der Waals surface area (Å²) in [6.07, 6.45) is 0.993. The molecular formula is C25H20F4N2O3. The molecule has 0 aliphatic carbocycles. The van der Waals surface area contributed by atoms with Crippen LogP contribution in [0.1, 0.15) is 42.1 Å². The molecule has 0 radical (unpaired) electrons. The van der Waals surface area contributed by atoms with Crippen LogP contribution < -0.4 is 10.1 Å². The van der Waals surface area contributed by atoms with Crippen molar-refractivity contribution in [3.63, 3.8) is 0 Å². The predicted molar refractivity (Wildman–Crippen MR) is 119 cm³/mol. The Hall–Kier alpha value is -3.88. The van der Waals surface area contributed by atoms with E-state index < -0.39 is 40.5 Å². The highest BCUT2D eigenvalue weighted by Gasteiger charge is 2.30. The minimum atomic E-state index is -1.85. The fourth-order valence-electron chi connectivity index (χ4n) is 3.49. The molecule has 0 aliphatic heterocycles. The summed E-state index contributed by atoms with van der Waals surface area (Å²) in [6, 6.07) is 11.9. The lowest BCUT2D eigenvalue weighted by atomic mass is 9.98. The van der Waals surface area contributed by atoms with Crippen LogP contribution in [0.25, 0.3) is 22.6 Å². The van der Waals surface area contributed by atoms with Gasteiger partial charge in [-0.2, -0.15) is 8.78 Å². The highest BCUT2D eigenvalue weighted by Crippen LogP contribution is 2.31. The number of halogens is 4. The number of aromatic nitrogens is 1. The first-order chi connectivity index (χ1) is 16.2. The van der Waals surface area contributed by atoms with Gasteiger partial charge in [-0.1, -0.05) is 19.9 Å². The molecule has 1 aromatic heterocycles. The second kappa shape index (κ2) is 9.17. The van der Waals surface area contributed by atoms with Gasteiger partial charge in [0.2, 0.25) is 17.5 Å². The maximum absolute atomic E-state index is 14.2. The molecule has 176 valence electrons. The minimum Gasteiger partial charge on any atom is -0.491 e. The van der Waals surface area contributed by atoms with Gasteiger partial charge in [0.25, 0.3) is 5.91 Å². The summed E-state index contributed by atoms with van der Waals surface area (Å²) in [5, 5.41) is 2.22. The Morgan fingerprint density at radius 2 is 1.68 bits per heavy atom. The fraction of sp³-hybridized carbons (Fsp3) is 0.200. The zero-order valence-corrected chi connectivity index (χ0v) is 18.5. The van der Waals surface area contributed by atoms with Crippen molar-refractivity contribution in [1.29, 1.82) is 0 Å². The highest BCUT2D eigenvalue weighted by atomic mass is 19.2. The van der Waals surface area contributed by atoms with Gasteiger partial charge in [0.15, 0.2) is 23.0 Å². The molecule has 9 heteroatoms. The number of fused-ring (bicyclic) bond motifs is 1. The van der Waals surface area contributed by atoms with E-state index in [9.17, 15) is 22.4 Å². The smallest absolute Gasteiger partial charge is 0.261 e. The number of nitrogens with zero attached hydrogens (tertiary/aromatic N) is 1. The molecule has 0 saturated carbocycles. The SMILES string of the molecule is CC[C@@H](C)c1ccc2oc(-c3ccc(NC(=O)c4c(F)c(F)c(OC)c(F)c4F)cc3)nc2c1. The van der Waals surface area contributed by atoms with Crippen molar-refractivity contribution in [3.05, 3.63) is 76.9 Å².